The van der Waals surface area contributed by atoms with Crippen LogP contribution in [0.1, 0.15) is 30.1 Å². The summed E-state index contributed by atoms with van der Waals surface area (Å²) in [5, 5.41) is 23.7. The van der Waals surface area contributed by atoms with Crippen molar-refractivity contribution in [3.8, 4) is 0 Å². The molecule has 0 unspecified atom stereocenters. The minimum atomic E-state index is -2.97. The number of aliphatic hydroxyl groups excluding tert-OH is 1. The van der Waals surface area contributed by atoms with Crippen LogP contribution in [-0.4, -0.2) is 54.4 Å². The predicted octanol–water partition coefficient (Wildman–Crippen LogP) is 0.941. The lowest BCUT2D eigenvalue weighted by atomic mass is 9.90. The first-order chi connectivity index (χ1) is 11.7. The van der Waals surface area contributed by atoms with Crippen LogP contribution in [0.3, 0.4) is 0 Å². The van der Waals surface area contributed by atoms with Crippen LogP contribution >= 0.6 is 0 Å². The zero-order chi connectivity index (χ0) is 18.6. The van der Waals surface area contributed by atoms with Crippen molar-refractivity contribution in [2.75, 3.05) is 18.1 Å². The maximum Gasteiger partial charge on any atom is 0.269 e. The number of nitro benzene ring substituents is 1. The highest BCUT2D eigenvalue weighted by atomic mass is 32.2. The minimum absolute atomic E-state index is 0.0998. The van der Waals surface area contributed by atoms with Crippen molar-refractivity contribution in [3.63, 3.8) is 0 Å². The third-order valence-electron chi connectivity index (χ3n) is 4.40. The Balaban J connectivity index is 1.95. The Kier molecular flexibility index (Phi) is 6.26. The SMILES string of the molecule is C[C@@H](O)[C@@H](CCN[C@@H]1CCS(=O)(=O)C1)C(=O)c1ccc([N+](=O)[O-])cc1. The van der Waals surface area contributed by atoms with Gasteiger partial charge >= 0.3 is 0 Å². The van der Waals surface area contributed by atoms with Gasteiger partial charge in [0.2, 0.25) is 0 Å². The number of benzene rings is 1. The van der Waals surface area contributed by atoms with E-state index >= 15 is 0 Å². The van der Waals surface area contributed by atoms with E-state index in [-0.39, 0.29) is 29.0 Å². The molecule has 1 aliphatic heterocycles. The third kappa shape index (κ3) is 5.32. The number of Topliss-reactive ketones (excluding diaryl/α,β-unsaturated/α-hetero) is 1. The zero-order valence-electron chi connectivity index (χ0n) is 13.9. The smallest absolute Gasteiger partial charge is 0.269 e. The summed E-state index contributed by atoms with van der Waals surface area (Å²) in [6.45, 7) is 1.93. The fraction of sp³-hybridized carbons (Fsp3) is 0.562. The monoisotopic (exact) mass is 370 g/mol. The number of nitro groups is 1. The van der Waals surface area contributed by atoms with Crippen LogP contribution in [0.25, 0.3) is 0 Å². The van der Waals surface area contributed by atoms with E-state index in [1.165, 1.54) is 31.2 Å². The number of non-ortho nitro benzene ring substituents is 1. The normalized spacial score (nSPS) is 21.6. The van der Waals surface area contributed by atoms with Gasteiger partial charge in [-0.05, 0) is 38.4 Å². The number of sulfone groups is 1. The molecule has 8 nitrogen and oxygen atoms in total. The van der Waals surface area contributed by atoms with Gasteiger partial charge < -0.3 is 10.4 Å². The van der Waals surface area contributed by atoms with Crippen LogP contribution in [0, 0.1) is 16.0 Å². The first kappa shape index (κ1) is 19.5. The maximum atomic E-state index is 12.5. The second kappa shape index (κ2) is 8.03. The van der Waals surface area contributed by atoms with Crippen molar-refractivity contribution in [3.05, 3.63) is 39.9 Å². The first-order valence-electron chi connectivity index (χ1n) is 8.10. The zero-order valence-corrected chi connectivity index (χ0v) is 14.7. The molecule has 2 rings (SSSR count). The number of nitrogens with zero attached hydrogens (tertiary/aromatic N) is 1. The van der Waals surface area contributed by atoms with E-state index < -0.39 is 26.8 Å². The number of ketones is 1. The number of nitrogens with one attached hydrogen (secondary N) is 1. The van der Waals surface area contributed by atoms with Gasteiger partial charge in [-0.15, -0.1) is 0 Å². The van der Waals surface area contributed by atoms with E-state index in [2.05, 4.69) is 5.32 Å². The number of hydrogen-bond donors (Lipinski definition) is 2. The molecule has 1 aromatic carbocycles. The average molecular weight is 370 g/mol. The molecule has 1 heterocycles. The van der Waals surface area contributed by atoms with Crippen molar-refractivity contribution in [2.45, 2.75) is 31.9 Å². The molecule has 138 valence electrons. The van der Waals surface area contributed by atoms with E-state index in [4.69, 9.17) is 0 Å². The molecule has 2 N–H and O–H groups in total. The molecule has 1 aliphatic rings. The Labute approximate surface area is 146 Å². The Morgan fingerprint density at radius 1 is 1.40 bits per heavy atom. The number of rotatable bonds is 8. The van der Waals surface area contributed by atoms with Gasteiger partial charge in [-0.2, -0.15) is 0 Å². The van der Waals surface area contributed by atoms with Gasteiger partial charge in [0.25, 0.3) is 5.69 Å². The predicted molar refractivity (Wildman–Crippen MR) is 92.3 cm³/mol. The van der Waals surface area contributed by atoms with E-state index in [0.717, 1.165) is 0 Å². The van der Waals surface area contributed by atoms with Crippen LogP contribution in [0.4, 0.5) is 5.69 Å². The summed E-state index contributed by atoms with van der Waals surface area (Å²) in [5.41, 5.74) is 0.203. The van der Waals surface area contributed by atoms with Crippen molar-refractivity contribution in [1.29, 1.82) is 0 Å². The standard InChI is InChI=1S/C16H22N2O6S/c1-11(19)15(6-8-17-13-7-9-25(23,24)10-13)16(20)12-2-4-14(5-3-12)18(21)22/h2-5,11,13,15,17,19H,6-10H2,1H3/t11-,13-,15-/m1/s1. The van der Waals surface area contributed by atoms with Gasteiger partial charge in [-0.1, -0.05) is 0 Å². The molecule has 0 radical (unpaired) electrons. The third-order valence-corrected chi connectivity index (χ3v) is 6.17. The fourth-order valence-electron chi connectivity index (χ4n) is 2.95. The van der Waals surface area contributed by atoms with Crippen LogP contribution in [-0.2, 0) is 9.84 Å². The lowest BCUT2D eigenvalue weighted by Gasteiger charge is -2.20. The maximum absolute atomic E-state index is 12.5. The summed E-state index contributed by atoms with van der Waals surface area (Å²) in [6.07, 6.45) is 0.0268. The highest BCUT2D eigenvalue weighted by Crippen LogP contribution is 2.20. The van der Waals surface area contributed by atoms with Crippen molar-refractivity contribution in [2.24, 2.45) is 5.92 Å². The van der Waals surface area contributed by atoms with Crippen LogP contribution in [0.2, 0.25) is 0 Å². The lowest BCUT2D eigenvalue weighted by molar-refractivity contribution is -0.384. The Morgan fingerprint density at radius 3 is 2.52 bits per heavy atom. The summed E-state index contributed by atoms with van der Waals surface area (Å²) in [7, 11) is -2.97. The van der Waals surface area contributed by atoms with Crippen molar-refractivity contribution < 1.29 is 23.2 Å². The van der Waals surface area contributed by atoms with Crippen LogP contribution in [0.15, 0.2) is 24.3 Å². The van der Waals surface area contributed by atoms with Crippen molar-refractivity contribution in [1.82, 2.24) is 5.32 Å². The molecule has 0 aromatic heterocycles. The molecule has 0 aliphatic carbocycles. The number of hydrogen-bond acceptors (Lipinski definition) is 7. The Morgan fingerprint density at radius 2 is 2.04 bits per heavy atom. The lowest BCUT2D eigenvalue weighted by Crippen LogP contribution is -2.35. The molecule has 0 bridgehead atoms. The quantitative estimate of drug-likeness (QED) is 0.396. The largest absolute Gasteiger partial charge is 0.393 e. The van der Waals surface area contributed by atoms with E-state index in [9.17, 15) is 28.4 Å². The Hall–Kier alpha value is -1.84. The topological polar surface area (TPSA) is 127 Å². The summed E-state index contributed by atoms with van der Waals surface area (Å²) in [6, 6.07) is 5.16. The fourth-order valence-corrected chi connectivity index (χ4v) is 4.66. The molecular formula is C16H22N2O6S. The van der Waals surface area contributed by atoms with E-state index in [1.807, 2.05) is 0 Å². The number of carbonyl (C=O) groups is 1. The molecule has 25 heavy (non-hydrogen) atoms. The van der Waals surface area contributed by atoms with Gasteiger partial charge in [0, 0.05) is 29.7 Å². The molecule has 1 fully saturated rings. The average Bonchev–Trinajstić information content (AvgIpc) is 2.89. The molecule has 1 aromatic rings. The summed E-state index contributed by atoms with van der Waals surface area (Å²) in [5.74, 6) is -0.674. The number of aliphatic hydroxyl groups is 1. The summed E-state index contributed by atoms with van der Waals surface area (Å²) >= 11 is 0. The molecule has 9 heteroatoms. The van der Waals surface area contributed by atoms with Crippen LogP contribution < -0.4 is 5.32 Å². The van der Waals surface area contributed by atoms with Crippen LogP contribution in [0.5, 0.6) is 0 Å². The molecule has 3 atom stereocenters. The molecule has 0 spiro atoms. The first-order valence-corrected chi connectivity index (χ1v) is 9.92. The molecule has 1 saturated heterocycles. The van der Waals surface area contributed by atoms with Crippen molar-refractivity contribution >= 4 is 21.3 Å². The summed E-state index contributed by atoms with van der Waals surface area (Å²) < 4.78 is 22.9. The molecular weight excluding hydrogens is 348 g/mol. The van der Waals surface area contributed by atoms with E-state index in [0.29, 0.717) is 24.9 Å². The second-order valence-corrected chi connectivity index (χ2v) is 8.59. The summed E-state index contributed by atoms with van der Waals surface area (Å²) in [4.78, 5) is 22.7. The number of carbonyl (C=O) groups excluding carboxylic acids is 1. The highest BCUT2D eigenvalue weighted by Gasteiger charge is 2.29. The van der Waals surface area contributed by atoms with Gasteiger partial charge in [-0.3, -0.25) is 14.9 Å². The highest BCUT2D eigenvalue weighted by molar-refractivity contribution is 7.91. The Bertz CT molecular complexity index is 729. The minimum Gasteiger partial charge on any atom is -0.393 e. The molecule has 0 saturated carbocycles. The van der Waals surface area contributed by atoms with Gasteiger partial charge in [0.1, 0.15) is 0 Å². The second-order valence-electron chi connectivity index (χ2n) is 6.36. The van der Waals surface area contributed by atoms with E-state index in [1.54, 1.807) is 0 Å². The van der Waals surface area contributed by atoms with Gasteiger partial charge in [0.05, 0.1) is 22.5 Å². The molecule has 0 amide bonds. The van der Waals surface area contributed by atoms with Gasteiger partial charge in [0.15, 0.2) is 15.6 Å². The van der Waals surface area contributed by atoms with Gasteiger partial charge in [-0.25, -0.2) is 8.42 Å².